The van der Waals surface area contributed by atoms with Crippen LogP contribution in [0.15, 0.2) is 71.6 Å². The molecule has 1 saturated heterocycles. The highest BCUT2D eigenvalue weighted by Crippen LogP contribution is 2.36. The number of hydrogen-bond donors (Lipinski definition) is 0. The molecule has 0 aliphatic carbocycles. The number of alkyl halides is 3. The average molecular weight is 559 g/mol. The summed E-state index contributed by atoms with van der Waals surface area (Å²) in [5, 5.41) is 9.01. The van der Waals surface area contributed by atoms with E-state index >= 15 is 0 Å². The number of rotatable bonds is 9. The van der Waals surface area contributed by atoms with Crippen LogP contribution >= 0.6 is 0 Å². The Morgan fingerprint density at radius 3 is 2.26 bits per heavy atom. The summed E-state index contributed by atoms with van der Waals surface area (Å²) < 4.78 is 75.2. The predicted molar refractivity (Wildman–Crippen MR) is 141 cm³/mol. The molecule has 10 heteroatoms. The van der Waals surface area contributed by atoms with Gasteiger partial charge >= 0.3 is 6.18 Å². The molecule has 0 unspecified atom stereocenters. The van der Waals surface area contributed by atoms with Gasteiger partial charge in [-0.3, -0.25) is 4.18 Å². The van der Waals surface area contributed by atoms with Gasteiger partial charge in [-0.05, 0) is 73.7 Å². The summed E-state index contributed by atoms with van der Waals surface area (Å²) in [6.45, 7) is 3.40. The molecule has 0 amide bonds. The second kappa shape index (κ2) is 12.1. The molecule has 0 spiro atoms. The van der Waals surface area contributed by atoms with Gasteiger partial charge in [-0.2, -0.15) is 26.9 Å². The topological polar surface area (TPSA) is 79.6 Å². The lowest BCUT2D eigenvalue weighted by atomic mass is 9.89. The van der Waals surface area contributed by atoms with Crippen LogP contribution in [-0.4, -0.2) is 34.7 Å². The summed E-state index contributed by atoms with van der Waals surface area (Å²) in [7, 11) is -3.80. The highest BCUT2D eigenvalue weighted by atomic mass is 32.2. The molecule has 0 aromatic heterocycles. The Labute approximate surface area is 226 Å². The molecule has 1 heterocycles. The van der Waals surface area contributed by atoms with Crippen molar-refractivity contribution in [3.63, 3.8) is 0 Å². The largest absolute Gasteiger partial charge is 0.494 e. The number of anilines is 1. The SMILES string of the molecule is Cc1ccc(S(=O)(=O)OCCCOc2ccc(C3CCN(c4ccc(C#N)c(C(F)(F)F)c4)CC3)cc2)cc1. The van der Waals surface area contributed by atoms with Gasteiger partial charge in [0.05, 0.1) is 35.3 Å². The van der Waals surface area contributed by atoms with Gasteiger partial charge in [0.25, 0.3) is 10.1 Å². The van der Waals surface area contributed by atoms with E-state index in [0.29, 0.717) is 37.6 Å². The van der Waals surface area contributed by atoms with Gasteiger partial charge in [-0.1, -0.05) is 29.8 Å². The van der Waals surface area contributed by atoms with Crippen LogP contribution < -0.4 is 9.64 Å². The molecule has 4 rings (SSSR count). The van der Waals surface area contributed by atoms with Crippen molar-refractivity contribution in [1.29, 1.82) is 5.26 Å². The van der Waals surface area contributed by atoms with Crippen molar-refractivity contribution in [3.8, 4) is 11.8 Å². The number of ether oxygens (including phenoxy) is 1. The average Bonchev–Trinajstić information content (AvgIpc) is 2.93. The van der Waals surface area contributed by atoms with Crippen LogP contribution in [0.5, 0.6) is 5.75 Å². The van der Waals surface area contributed by atoms with Gasteiger partial charge in [-0.25, -0.2) is 0 Å². The molecule has 206 valence electrons. The second-order valence-corrected chi connectivity index (χ2v) is 11.1. The first-order valence-corrected chi connectivity index (χ1v) is 14.0. The number of halogens is 3. The second-order valence-electron chi connectivity index (χ2n) is 9.46. The minimum atomic E-state index is -4.57. The van der Waals surface area contributed by atoms with Crippen molar-refractivity contribution in [1.82, 2.24) is 0 Å². The molecule has 3 aromatic rings. The third-order valence-corrected chi connectivity index (χ3v) is 8.07. The van der Waals surface area contributed by atoms with Gasteiger partial charge in [-0.15, -0.1) is 0 Å². The molecule has 0 bridgehead atoms. The van der Waals surface area contributed by atoms with E-state index in [-0.39, 0.29) is 23.0 Å². The summed E-state index contributed by atoms with van der Waals surface area (Å²) in [4.78, 5) is 2.05. The van der Waals surface area contributed by atoms with Crippen molar-refractivity contribution in [2.24, 2.45) is 0 Å². The number of hydrogen-bond acceptors (Lipinski definition) is 6. The Balaban J connectivity index is 1.23. The fourth-order valence-electron chi connectivity index (χ4n) is 4.56. The lowest BCUT2D eigenvalue weighted by Crippen LogP contribution is -2.33. The van der Waals surface area contributed by atoms with Gasteiger partial charge in [0.1, 0.15) is 5.75 Å². The van der Waals surface area contributed by atoms with E-state index in [1.54, 1.807) is 24.3 Å². The highest BCUT2D eigenvalue weighted by molar-refractivity contribution is 7.86. The zero-order valence-electron chi connectivity index (χ0n) is 21.4. The Hall–Kier alpha value is -3.55. The highest BCUT2D eigenvalue weighted by Gasteiger charge is 2.34. The zero-order valence-corrected chi connectivity index (χ0v) is 22.3. The Bertz CT molecular complexity index is 1410. The van der Waals surface area contributed by atoms with Gasteiger partial charge in [0.2, 0.25) is 0 Å². The van der Waals surface area contributed by atoms with Crippen LogP contribution in [0, 0.1) is 18.3 Å². The Morgan fingerprint density at radius 1 is 0.974 bits per heavy atom. The van der Waals surface area contributed by atoms with E-state index in [2.05, 4.69) is 0 Å². The molecule has 3 aromatic carbocycles. The Kier molecular flexibility index (Phi) is 8.83. The van der Waals surface area contributed by atoms with Crippen LogP contribution in [0.4, 0.5) is 18.9 Å². The minimum absolute atomic E-state index is 0.0105. The number of nitriles is 1. The summed E-state index contributed by atoms with van der Waals surface area (Å²) in [6, 6.07) is 19.7. The quantitative estimate of drug-likeness (QED) is 0.222. The van der Waals surface area contributed by atoms with Gasteiger partial charge in [0, 0.05) is 25.2 Å². The van der Waals surface area contributed by atoms with E-state index in [4.69, 9.17) is 14.2 Å². The van der Waals surface area contributed by atoms with Crippen LogP contribution in [0.2, 0.25) is 0 Å². The summed E-state index contributed by atoms with van der Waals surface area (Å²) in [5.41, 5.74) is 1.29. The molecule has 1 fully saturated rings. The first-order valence-electron chi connectivity index (χ1n) is 12.6. The van der Waals surface area contributed by atoms with E-state index in [1.165, 1.54) is 18.2 Å². The van der Waals surface area contributed by atoms with Crippen LogP contribution in [0.25, 0.3) is 0 Å². The van der Waals surface area contributed by atoms with E-state index in [9.17, 15) is 21.6 Å². The normalized spacial score (nSPS) is 14.7. The molecule has 1 aliphatic rings. The van der Waals surface area contributed by atoms with E-state index < -0.39 is 21.9 Å². The summed E-state index contributed by atoms with van der Waals surface area (Å²) in [6.07, 6.45) is -2.60. The minimum Gasteiger partial charge on any atom is -0.494 e. The van der Waals surface area contributed by atoms with Gasteiger partial charge < -0.3 is 9.64 Å². The molecular formula is C29H29F3N2O4S. The van der Waals surface area contributed by atoms with Crippen molar-refractivity contribution in [2.75, 3.05) is 31.2 Å². The molecule has 0 radical (unpaired) electrons. The molecule has 6 nitrogen and oxygen atoms in total. The number of nitrogens with zero attached hydrogens (tertiary/aromatic N) is 2. The van der Waals surface area contributed by atoms with E-state index in [1.807, 2.05) is 36.1 Å². The fourth-order valence-corrected chi connectivity index (χ4v) is 5.50. The first kappa shape index (κ1) is 28.5. The van der Waals surface area contributed by atoms with Crippen molar-refractivity contribution < 1.29 is 30.5 Å². The Morgan fingerprint density at radius 2 is 1.64 bits per heavy atom. The van der Waals surface area contributed by atoms with E-state index in [0.717, 1.165) is 30.0 Å². The summed E-state index contributed by atoms with van der Waals surface area (Å²) in [5.74, 6) is 0.936. The van der Waals surface area contributed by atoms with Crippen LogP contribution in [0.3, 0.4) is 0 Å². The summed E-state index contributed by atoms with van der Waals surface area (Å²) >= 11 is 0. The third-order valence-electron chi connectivity index (χ3n) is 6.75. The molecule has 0 atom stereocenters. The molecular weight excluding hydrogens is 529 g/mol. The zero-order chi connectivity index (χ0) is 28.0. The maximum absolute atomic E-state index is 13.3. The molecule has 1 aliphatic heterocycles. The maximum Gasteiger partial charge on any atom is 0.417 e. The monoisotopic (exact) mass is 558 g/mol. The standard InChI is InChI=1S/C29H29F3N2O4S/c1-21-3-11-27(12-4-21)39(35,36)38-18-2-17-37-26-9-6-22(7-10-26)23-13-15-34(16-14-23)25-8-5-24(20-33)28(19-25)29(30,31)32/h3-12,19,23H,2,13-18H2,1H3. The lowest BCUT2D eigenvalue weighted by Gasteiger charge is -2.34. The maximum atomic E-state index is 13.3. The van der Waals surface area contributed by atoms with Crippen LogP contribution in [0.1, 0.15) is 47.4 Å². The first-order chi connectivity index (χ1) is 18.6. The molecule has 0 saturated carbocycles. The van der Waals surface area contributed by atoms with Crippen molar-refractivity contribution >= 4 is 15.8 Å². The molecule has 0 N–H and O–H groups in total. The number of aryl methyl sites for hydroxylation is 1. The molecule has 39 heavy (non-hydrogen) atoms. The van der Waals surface area contributed by atoms with Crippen molar-refractivity contribution in [3.05, 3.63) is 89.0 Å². The number of piperidine rings is 1. The van der Waals surface area contributed by atoms with Gasteiger partial charge in [0.15, 0.2) is 0 Å². The smallest absolute Gasteiger partial charge is 0.417 e. The number of benzene rings is 3. The third kappa shape index (κ3) is 7.31. The van der Waals surface area contributed by atoms with Crippen LogP contribution in [-0.2, 0) is 20.5 Å². The lowest BCUT2D eigenvalue weighted by molar-refractivity contribution is -0.137. The van der Waals surface area contributed by atoms with Crippen molar-refractivity contribution in [2.45, 2.75) is 43.2 Å². The fraction of sp³-hybridized carbons (Fsp3) is 0.345. The predicted octanol–water partition coefficient (Wildman–Crippen LogP) is 6.44.